The molecule has 36 heavy (non-hydrogen) atoms. The Morgan fingerprint density at radius 3 is 2.56 bits per heavy atom. The van der Waals surface area contributed by atoms with Crippen molar-refractivity contribution in [1.29, 1.82) is 0 Å². The second-order valence-corrected chi connectivity index (χ2v) is 9.58. The lowest BCUT2D eigenvalue weighted by atomic mass is 9.95. The van der Waals surface area contributed by atoms with Crippen LogP contribution in [0.1, 0.15) is 29.7 Å². The van der Waals surface area contributed by atoms with Crippen molar-refractivity contribution in [3.05, 3.63) is 109 Å². The minimum absolute atomic E-state index is 0.211. The molecule has 0 fully saturated rings. The molecule has 8 nitrogen and oxygen atoms in total. The first-order valence-electron chi connectivity index (χ1n) is 11.4. The van der Waals surface area contributed by atoms with Crippen LogP contribution in [0.5, 0.6) is 5.75 Å². The molecule has 1 N–H and O–H groups in total. The smallest absolute Gasteiger partial charge is 0.271 e. The molecule has 1 aliphatic rings. The van der Waals surface area contributed by atoms with Crippen LogP contribution in [0.2, 0.25) is 0 Å². The number of carbonyl (C=O) groups is 1. The van der Waals surface area contributed by atoms with Gasteiger partial charge in [-0.05, 0) is 49.2 Å². The van der Waals surface area contributed by atoms with Crippen molar-refractivity contribution in [3.8, 4) is 5.75 Å². The number of nitrogens with one attached hydrogen (secondary N) is 1. The summed E-state index contributed by atoms with van der Waals surface area (Å²) in [4.78, 5) is 32.6. The number of methoxy groups -OCH3 is 1. The van der Waals surface area contributed by atoms with Gasteiger partial charge < -0.3 is 10.1 Å². The molecule has 5 rings (SSSR count). The maximum absolute atomic E-state index is 13.7. The summed E-state index contributed by atoms with van der Waals surface area (Å²) >= 11 is 1.30. The number of nitrogens with zero attached hydrogens (tertiary/aromatic N) is 4. The highest BCUT2D eigenvalue weighted by molar-refractivity contribution is 7.07. The van der Waals surface area contributed by atoms with E-state index in [2.05, 4.69) is 15.4 Å². The van der Waals surface area contributed by atoms with Gasteiger partial charge in [0, 0.05) is 24.5 Å². The Labute approximate surface area is 211 Å². The number of rotatable bonds is 5. The monoisotopic (exact) mass is 499 g/mol. The maximum Gasteiger partial charge on any atom is 0.271 e. The molecule has 9 heteroatoms. The van der Waals surface area contributed by atoms with Gasteiger partial charge in [-0.2, -0.15) is 5.10 Å². The first-order valence-corrected chi connectivity index (χ1v) is 12.2. The van der Waals surface area contributed by atoms with Crippen molar-refractivity contribution in [1.82, 2.24) is 14.3 Å². The second kappa shape index (κ2) is 9.43. The van der Waals surface area contributed by atoms with E-state index < -0.39 is 6.04 Å². The zero-order valence-corrected chi connectivity index (χ0v) is 21.2. The maximum atomic E-state index is 13.7. The van der Waals surface area contributed by atoms with Crippen molar-refractivity contribution in [2.45, 2.75) is 19.9 Å². The van der Waals surface area contributed by atoms with Gasteiger partial charge in [-0.15, -0.1) is 0 Å². The van der Waals surface area contributed by atoms with Gasteiger partial charge in [-0.1, -0.05) is 41.7 Å². The first-order chi connectivity index (χ1) is 17.4. The number of thiazole rings is 1. The van der Waals surface area contributed by atoms with E-state index >= 15 is 0 Å². The van der Waals surface area contributed by atoms with Gasteiger partial charge in [0.2, 0.25) is 0 Å². The van der Waals surface area contributed by atoms with Crippen LogP contribution in [0, 0.1) is 6.92 Å². The number of benzene rings is 2. The summed E-state index contributed by atoms with van der Waals surface area (Å²) in [7, 11) is 3.42. The molecule has 1 aliphatic heterocycles. The van der Waals surface area contributed by atoms with Crippen molar-refractivity contribution in [2.24, 2.45) is 12.0 Å². The van der Waals surface area contributed by atoms with Gasteiger partial charge in [-0.25, -0.2) is 4.99 Å². The van der Waals surface area contributed by atoms with Crippen LogP contribution in [0.15, 0.2) is 82.0 Å². The van der Waals surface area contributed by atoms with Crippen LogP contribution in [0.25, 0.3) is 6.08 Å². The average Bonchev–Trinajstić information content (AvgIpc) is 3.41. The highest BCUT2D eigenvalue weighted by atomic mass is 32.1. The molecule has 0 saturated carbocycles. The molecule has 0 spiro atoms. The Bertz CT molecular complexity index is 1680. The van der Waals surface area contributed by atoms with Crippen LogP contribution < -0.4 is 24.9 Å². The molecule has 1 atom stereocenters. The lowest BCUT2D eigenvalue weighted by Crippen LogP contribution is -2.40. The van der Waals surface area contributed by atoms with Crippen LogP contribution in [-0.4, -0.2) is 27.4 Å². The van der Waals surface area contributed by atoms with Crippen molar-refractivity contribution in [2.75, 3.05) is 12.4 Å². The second-order valence-electron chi connectivity index (χ2n) is 8.57. The predicted octanol–water partition coefficient (Wildman–Crippen LogP) is 2.92. The van der Waals surface area contributed by atoms with Crippen LogP contribution in [0.3, 0.4) is 0 Å². The van der Waals surface area contributed by atoms with Gasteiger partial charge in [0.15, 0.2) is 4.80 Å². The van der Waals surface area contributed by atoms with Gasteiger partial charge in [-0.3, -0.25) is 18.8 Å². The van der Waals surface area contributed by atoms with E-state index in [0.29, 0.717) is 32.0 Å². The summed E-state index contributed by atoms with van der Waals surface area (Å²) in [5.41, 5.74) is 4.04. The zero-order chi connectivity index (χ0) is 25.4. The van der Waals surface area contributed by atoms with E-state index in [1.807, 2.05) is 75.6 Å². The fourth-order valence-electron chi connectivity index (χ4n) is 4.28. The number of allylic oxidation sites excluding steroid dienone is 1. The third-order valence-corrected chi connectivity index (χ3v) is 7.10. The predicted molar refractivity (Wildman–Crippen MR) is 140 cm³/mol. The first kappa shape index (κ1) is 23.5. The Kier molecular flexibility index (Phi) is 6.15. The molecule has 0 unspecified atom stereocenters. The molecule has 1 amide bonds. The topological polar surface area (TPSA) is 90.5 Å². The molecule has 0 saturated heterocycles. The number of amides is 1. The molecule has 0 radical (unpaired) electrons. The normalized spacial score (nSPS) is 15.4. The fourth-order valence-corrected chi connectivity index (χ4v) is 5.33. The zero-order valence-electron chi connectivity index (χ0n) is 20.4. The Balaban J connectivity index is 1.67. The number of carbonyl (C=O) groups excluding carboxylic acids is 1. The van der Waals surface area contributed by atoms with Crippen LogP contribution in [0.4, 0.5) is 5.69 Å². The van der Waals surface area contributed by atoms with Crippen molar-refractivity contribution >= 4 is 29.0 Å². The number of hydrogen-bond acceptors (Lipinski definition) is 6. The summed E-state index contributed by atoms with van der Waals surface area (Å²) in [5, 5.41) is 7.20. The molecular formula is C27H25N5O3S. The summed E-state index contributed by atoms with van der Waals surface area (Å²) in [6.07, 6.45) is 5.34. The summed E-state index contributed by atoms with van der Waals surface area (Å²) in [5.74, 6) is 0.391. The van der Waals surface area contributed by atoms with Gasteiger partial charge in [0.25, 0.3) is 11.5 Å². The standard InChI is InChI=1S/C27H25N5O3S/c1-16-7-5-6-8-21(16)30-25(33)23-17(2)29-27-32(24(23)19-9-11-20(35-4)12-10-19)26(34)22(36-27)13-18-14-28-31(3)15-18/h5-15,24H,1-4H3,(H,30,33)/b22-13+/t24-/m1/s1. The van der Waals surface area contributed by atoms with E-state index in [4.69, 9.17) is 4.74 Å². The van der Waals surface area contributed by atoms with E-state index in [-0.39, 0.29) is 11.5 Å². The van der Waals surface area contributed by atoms with E-state index in [1.54, 1.807) is 28.6 Å². The molecule has 3 heterocycles. The molecule has 182 valence electrons. The number of hydrogen-bond donors (Lipinski definition) is 1. The van der Waals surface area contributed by atoms with Gasteiger partial charge in [0.05, 0.1) is 35.2 Å². The highest BCUT2D eigenvalue weighted by Crippen LogP contribution is 2.32. The average molecular weight is 500 g/mol. The minimum Gasteiger partial charge on any atom is -0.497 e. The number of anilines is 1. The third kappa shape index (κ3) is 4.29. The molecule has 0 aliphatic carbocycles. The molecule has 4 aromatic rings. The SMILES string of the molecule is COc1ccc([C@@H]2C(C(=O)Nc3ccccc3C)=C(C)N=c3s/c(=C/c4cnn(C)c4)c(=O)n32)cc1. The third-order valence-electron chi connectivity index (χ3n) is 6.11. The highest BCUT2D eigenvalue weighted by Gasteiger charge is 2.32. The number of para-hydroxylation sites is 1. The van der Waals surface area contributed by atoms with E-state index in [1.165, 1.54) is 11.3 Å². The quantitative estimate of drug-likeness (QED) is 0.457. The Morgan fingerprint density at radius 1 is 1.14 bits per heavy atom. The Hall–Kier alpha value is -4.24. The minimum atomic E-state index is -0.646. The lowest BCUT2D eigenvalue weighted by Gasteiger charge is -2.25. The van der Waals surface area contributed by atoms with Crippen molar-refractivity contribution in [3.63, 3.8) is 0 Å². The lowest BCUT2D eigenvalue weighted by molar-refractivity contribution is -0.113. The van der Waals surface area contributed by atoms with Gasteiger partial charge in [0.1, 0.15) is 5.75 Å². The summed E-state index contributed by atoms with van der Waals surface area (Å²) in [6, 6.07) is 14.3. The molecule has 2 aromatic heterocycles. The van der Waals surface area contributed by atoms with Crippen molar-refractivity contribution < 1.29 is 9.53 Å². The number of fused-ring (bicyclic) bond motifs is 1. The Morgan fingerprint density at radius 2 is 1.89 bits per heavy atom. The molecule has 0 bridgehead atoms. The molecule has 2 aromatic carbocycles. The molecular weight excluding hydrogens is 474 g/mol. The fraction of sp³-hybridized carbons (Fsp3) is 0.185. The number of aromatic nitrogens is 3. The number of aryl methyl sites for hydroxylation is 2. The van der Waals surface area contributed by atoms with Crippen LogP contribution >= 0.6 is 11.3 Å². The van der Waals surface area contributed by atoms with E-state index in [9.17, 15) is 9.59 Å². The summed E-state index contributed by atoms with van der Waals surface area (Å²) in [6.45, 7) is 3.74. The summed E-state index contributed by atoms with van der Waals surface area (Å²) < 4.78 is 9.13. The number of ether oxygens (including phenoxy) is 1. The largest absolute Gasteiger partial charge is 0.497 e. The van der Waals surface area contributed by atoms with Crippen LogP contribution in [-0.2, 0) is 11.8 Å². The van der Waals surface area contributed by atoms with E-state index in [0.717, 1.165) is 16.7 Å². The van der Waals surface area contributed by atoms with Gasteiger partial charge >= 0.3 is 0 Å².